The first kappa shape index (κ1) is 20.4. The van der Waals surface area contributed by atoms with E-state index in [1.54, 1.807) is 0 Å². The van der Waals surface area contributed by atoms with Gasteiger partial charge in [0.05, 0.1) is 0 Å². The molecule has 3 aliphatic rings. The molecule has 3 aliphatic carbocycles. The van der Waals surface area contributed by atoms with Crippen LogP contribution in [-0.4, -0.2) is 17.2 Å². The number of hydrogen-bond donors (Lipinski definition) is 1. The normalized spacial score (nSPS) is 31.9. The second-order valence-corrected chi connectivity index (χ2v) is 10.1. The summed E-state index contributed by atoms with van der Waals surface area (Å²) in [6.45, 7) is 8.41. The number of phenols is 1. The van der Waals surface area contributed by atoms with Gasteiger partial charge in [-0.3, -0.25) is 4.79 Å². The fraction of sp³-hybridized carbons (Fsp3) is 0.464. The topological polar surface area (TPSA) is 46.5 Å². The van der Waals surface area contributed by atoms with Gasteiger partial charge in [-0.05, 0) is 89.8 Å². The number of allylic oxidation sites excluding steroid dienone is 1. The van der Waals surface area contributed by atoms with Crippen LogP contribution in [0.3, 0.4) is 0 Å². The molecule has 1 fully saturated rings. The molecule has 1 N–H and O–H groups in total. The van der Waals surface area contributed by atoms with Crippen molar-refractivity contribution in [3.63, 3.8) is 0 Å². The highest BCUT2D eigenvalue weighted by molar-refractivity contribution is 5.68. The van der Waals surface area contributed by atoms with Crippen molar-refractivity contribution in [2.75, 3.05) is 0 Å². The number of ether oxygens (including phenoxy) is 1. The van der Waals surface area contributed by atoms with Crippen molar-refractivity contribution >= 4 is 11.5 Å². The van der Waals surface area contributed by atoms with Crippen LogP contribution in [0.4, 0.5) is 0 Å². The zero-order valence-corrected chi connectivity index (χ0v) is 18.6. The van der Waals surface area contributed by atoms with Gasteiger partial charge in [-0.2, -0.15) is 0 Å². The summed E-state index contributed by atoms with van der Waals surface area (Å²) in [6, 6.07) is 14.4. The summed E-state index contributed by atoms with van der Waals surface area (Å²) < 4.78 is 6.05. The van der Waals surface area contributed by atoms with E-state index >= 15 is 0 Å². The maximum atomic E-state index is 12.1. The number of benzene rings is 2. The fourth-order valence-corrected chi connectivity index (χ4v) is 6.93. The summed E-state index contributed by atoms with van der Waals surface area (Å²) in [4.78, 5) is 12.1. The monoisotopic (exact) mass is 416 g/mol. The number of hydrogen-bond acceptors (Lipinski definition) is 3. The first-order chi connectivity index (χ1) is 14.9. The van der Waals surface area contributed by atoms with Gasteiger partial charge in [-0.25, -0.2) is 0 Å². The number of esters is 1. The van der Waals surface area contributed by atoms with Gasteiger partial charge in [0.15, 0.2) is 0 Å². The number of aryl methyl sites for hydroxylation is 1. The molecule has 2 aromatic rings. The van der Waals surface area contributed by atoms with E-state index in [4.69, 9.17) is 4.74 Å². The third-order valence-electron chi connectivity index (χ3n) is 8.46. The van der Waals surface area contributed by atoms with E-state index in [0.29, 0.717) is 23.5 Å². The van der Waals surface area contributed by atoms with E-state index in [9.17, 15) is 9.90 Å². The molecule has 162 valence electrons. The predicted molar refractivity (Wildman–Crippen MR) is 123 cm³/mol. The maximum absolute atomic E-state index is 12.1. The molecule has 0 bridgehead atoms. The van der Waals surface area contributed by atoms with Crippen molar-refractivity contribution in [3.05, 3.63) is 71.3 Å². The SMILES string of the molecule is C=C1C[C@H]2[C@@H]3CCc4cc(O)ccc4[C@H]3CC[C@]2(C)[C@@H](OC(C)=O)Cc2ccccc21. The van der Waals surface area contributed by atoms with E-state index in [2.05, 4.69) is 43.8 Å². The van der Waals surface area contributed by atoms with Crippen molar-refractivity contribution in [2.24, 2.45) is 17.3 Å². The Hall–Kier alpha value is -2.55. The second-order valence-electron chi connectivity index (χ2n) is 10.1. The van der Waals surface area contributed by atoms with E-state index in [0.717, 1.165) is 38.5 Å². The van der Waals surface area contributed by atoms with Gasteiger partial charge in [0, 0.05) is 18.8 Å². The van der Waals surface area contributed by atoms with Crippen molar-refractivity contribution in [1.29, 1.82) is 0 Å². The van der Waals surface area contributed by atoms with Crippen LogP contribution in [-0.2, 0) is 22.4 Å². The maximum Gasteiger partial charge on any atom is 0.302 e. The molecule has 31 heavy (non-hydrogen) atoms. The molecule has 0 saturated heterocycles. The lowest BCUT2D eigenvalue weighted by Crippen LogP contribution is -2.51. The highest BCUT2D eigenvalue weighted by Gasteiger charge is 2.53. The minimum Gasteiger partial charge on any atom is -0.508 e. The summed E-state index contributed by atoms with van der Waals surface area (Å²) in [6.07, 6.45) is 5.82. The number of carbonyl (C=O) groups is 1. The van der Waals surface area contributed by atoms with Gasteiger partial charge in [-0.15, -0.1) is 0 Å². The number of rotatable bonds is 1. The molecule has 0 aliphatic heterocycles. The number of phenolic OH excluding ortho intramolecular Hbond substituents is 1. The molecule has 0 unspecified atom stereocenters. The van der Waals surface area contributed by atoms with Crippen molar-refractivity contribution in [1.82, 2.24) is 0 Å². The average molecular weight is 417 g/mol. The van der Waals surface area contributed by atoms with Crippen LogP contribution < -0.4 is 0 Å². The van der Waals surface area contributed by atoms with E-state index < -0.39 is 0 Å². The minimum absolute atomic E-state index is 0.0717. The molecule has 2 aromatic carbocycles. The Morgan fingerprint density at radius 3 is 2.74 bits per heavy atom. The van der Waals surface area contributed by atoms with Crippen LogP contribution in [0.1, 0.15) is 67.7 Å². The molecule has 3 nitrogen and oxygen atoms in total. The summed E-state index contributed by atoms with van der Waals surface area (Å²) in [5.74, 6) is 1.63. The van der Waals surface area contributed by atoms with Gasteiger partial charge < -0.3 is 9.84 Å². The van der Waals surface area contributed by atoms with Crippen LogP contribution >= 0.6 is 0 Å². The Morgan fingerprint density at radius 1 is 1.13 bits per heavy atom. The highest BCUT2D eigenvalue weighted by atomic mass is 16.5. The third-order valence-corrected chi connectivity index (χ3v) is 8.46. The van der Waals surface area contributed by atoms with Crippen molar-refractivity contribution in [2.45, 2.75) is 64.4 Å². The Balaban J connectivity index is 1.58. The second kappa shape index (κ2) is 7.55. The van der Waals surface area contributed by atoms with Crippen LogP contribution in [0, 0.1) is 17.3 Å². The number of fused-ring (bicyclic) bond motifs is 6. The molecule has 5 atom stereocenters. The first-order valence-electron chi connectivity index (χ1n) is 11.6. The first-order valence-corrected chi connectivity index (χ1v) is 11.6. The van der Waals surface area contributed by atoms with Gasteiger partial charge in [-0.1, -0.05) is 43.8 Å². The molecule has 3 heteroatoms. The fourth-order valence-electron chi connectivity index (χ4n) is 6.93. The molecule has 0 heterocycles. The van der Waals surface area contributed by atoms with E-state index in [1.165, 1.54) is 34.8 Å². The molecule has 0 amide bonds. The van der Waals surface area contributed by atoms with Gasteiger partial charge in [0.1, 0.15) is 11.9 Å². The van der Waals surface area contributed by atoms with E-state index in [1.807, 2.05) is 12.1 Å². The number of carbonyl (C=O) groups excluding carboxylic acids is 1. The lowest BCUT2D eigenvalue weighted by Gasteiger charge is -2.55. The molecule has 0 spiro atoms. The van der Waals surface area contributed by atoms with Crippen LogP contribution in [0.2, 0.25) is 0 Å². The largest absolute Gasteiger partial charge is 0.508 e. The van der Waals surface area contributed by atoms with Crippen molar-refractivity contribution < 1.29 is 14.6 Å². The van der Waals surface area contributed by atoms with E-state index in [-0.39, 0.29) is 17.5 Å². The standard InChI is InChI=1S/C28H32O3/c1-17-14-26-25-10-8-20-15-21(30)9-11-23(20)24(25)12-13-28(26,3)27(31-18(2)29)16-19-6-4-5-7-22(17)19/h4-7,9,11,15,24-27,30H,1,8,10,12-14,16H2,2-3H3/t24-,25-,26+,27+,28+/m1/s1. The van der Waals surface area contributed by atoms with Crippen molar-refractivity contribution in [3.8, 4) is 5.75 Å². The molecule has 0 aromatic heterocycles. The highest BCUT2D eigenvalue weighted by Crippen LogP contribution is 2.59. The summed E-state index contributed by atoms with van der Waals surface area (Å²) in [7, 11) is 0. The minimum atomic E-state index is -0.187. The van der Waals surface area contributed by atoms with Gasteiger partial charge >= 0.3 is 5.97 Å². The Kier molecular flexibility index (Phi) is 4.96. The Bertz CT molecular complexity index is 1040. The molecule has 1 saturated carbocycles. The smallest absolute Gasteiger partial charge is 0.302 e. The summed E-state index contributed by atoms with van der Waals surface area (Å²) in [5.41, 5.74) is 6.32. The zero-order valence-electron chi connectivity index (χ0n) is 18.6. The predicted octanol–water partition coefficient (Wildman–Crippen LogP) is 6.05. The Morgan fingerprint density at radius 2 is 1.94 bits per heavy atom. The lowest BCUT2D eigenvalue weighted by atomic mass is 9.50. The summed E-state index contributed by atoms with van der Waals surface area (Å²) >= 11 is 0. The average Bonchev–Trinajstić information content (AvgIpc) is 2.74. The number of aromatic hydroxyl groups is 1. The quantitative estimate of drug-likeness (QED) is 0.576. The molecular weight excluding hydrogens is 384 g/mol. The summed E-state index contributed by atoms with van der Waals surface area (Å²) in [5, 5.41) is 9.97. The van der Waals surface area contributed by atoms with Gasteiger partial charge in [0.2, 0.25) is 0 Å². The molecule has 0 radical (unpaired) electrons. The third kappa shape index (κ3) is 3.39. The Labute approximate surface area is 185 Å². The van der Waals surface area contributed by atoms with Crippen LogP contribution in [0.15, 0.2) is 49.0 Å². The lowest BCUT2D eigenvalue weighted by molar-refractivity contribution is -0.161. The van der Waals surface area contributed by atoms with Gasteiger partial charge in [0.25, 0.3) is 0 Å². The zero-order chi connectivity index (χ0) is 21.8. The van der Waals surface area contributed by atoms with Crippen LogP contribution in [0.5, 0.6) is 5.75 Å². The molecule has 5 rings (SSSR count). The molecular formula is C28H32O3. The van der Waals surface area contributed by atoms with Crippen LogP contribution in [0.25, 0.3) is 5.57 Å².